The fourth-order valence-corrected chi connectivity index (χ4v) is 1.75. The van der Waals surface area contributed by atoms with Gasteiger partial charge in [0.2, 0.25) is 0 Å². The van der Waals surface area contributed by atoms with Crippen molar-refractivity contribution in [3.8, 4) is 5.75 Å². The Labute approximate surface area is 118 Å². The van der Waals surface area contributed by atoms with Crippen LogP contribution in [0.25, 0.3) is 0 Å². The molecule has 0 unspecified atom stereocenters. The highest BCUT2D eigenvalue weighted by molar-refractivity contribution is 5.92. The number of ether oxygens (including phenoxy) is 1. The molecule has 2 aromatic rings. The first-order chi connectivity index (χ1) is 8.69. The van der Waals surface area contributed by atoms with E-state index in [2.05, 4.69) is 0 Å². The SMILES string of the molecule is COc1cccc(C[n+]2cccc(C(N)=O)c2)c1.[Cl-]. The van der Waals surface area contributed by atoms with Crippen LogP contribution in [0.1, 0.15) is 15.9 Å². The quantitative estimate of drug-likeness (QED) is 0.667. The van der Waals surface area contributed by atoms with Gasteiger partial charge in [-0.3, -0.25) is 4.79 Å². The Balaban J connectivity index is 0.00000180. The van der Waals surface area contributed by atoms with E-state index >= 15 is 0 Å². The monoisotopic (exact) mass is 278 g/mol. The van der Waals surface area contributed by atoms with Crippen LogP contribution in [0.4, 0.5) is 0 Å². The molecule has 0 saturated heterocycles. The summed E-state index contributed by atoms with van der Waals surface area (Å²) >= 11 is 0. The van der Waals surface area contributed by atoms with Crippen molar-refractivity contribution < 1.29 is 26.5 Å². The lowest BCUT2D eigenvalue weighted by Crippen LogP contribution is -3.00. The summed E-state index contributed by atoms with van der Waals surface area (Å²) in [6, 6.07) is 11.3. The van der Waals surface area contributed by atoms with Gasteiger partial charge in [0.05, 0.1) is 7.11 Å². The lowest BCUT2D eigenvalue weighted by molar-refractivity contribution is -0.688. The lowest BCUT2D eigenvalue weighted by atomic mass is 10.2. The maximum Gasteiger partial charge on any atom is 0.254 e. The molecule has 2 rings (SSSR count). The molecule has 19 heavy (non-hydrogen) atoms. The molecule has 0 saturated carbocycles. The molecule has 0 spiro atoms. The van der Waals surface area contributed by atoms with Crippen molar-refractivity contribution in [2.45, 2.75) is 6.54 Å². The Morgan fingerprint density at radius 1 is 1.32 bits per heavy atom. The molecule has 1 amide bonds. The fraction of sp³-hybridized carbons (Fsp3) is 0.143. The van der Waals surface area contributed by atoms with Crippen molar-refractivity contribution in [3.63, 3.8) is 0 Å². The van der Waals surface area contributed by atoms with E-state index in [-0.39, 0.29) is 12.4 Å². The highest BCUT2D eigenvalue weighted by atomic mass is 35.5. The van der Waals surface area contributed by atoms with Crippen LogP contribution in [0.5, 0.6) is 5.75 Å². The minimum Gasteiger partial charge on any atom is -1.00 e. The number of pyridine rings is 1. The van der Waals surface area contributed by atoms with Crippen LogP contribution in [-0.4, -0.2) is 13.0 Å². The third-order valence-electron chi connectivity index (χ3n) is 2.64. The summed E-state index contributed by atoms with van der Waals surface area (Å²) in [5.74, 6) is 0.397. The molecule has 4 nitrogen and oxygen atoms in total. The molecule has 1 aromatic carbocycles. The van der Waals surface area contributed by atoms with E-state index < -0.39 is 5.91 Å². The Hall–Kier alpha value is -2.07. The molecule has 5 heteroatoms. The van der Waals surface area contributed by atoms with Gasteiger partial charge in [0, 0.05) is 11.6 Å². The standard InChI is InChI=1S/C14H14N2O2.ClH/c1-18-13-6-2-4-11(8-13)9-16-7-3-5-12(10-16)14(15)17;/h2-8,10H,9H2,1H3,(H-,15,17);1H. The summed E-state index contributed by atoms with van der Waals surface area (Å²) in [5.41, 5.74) is 6.85. The molecule has 2 N–H and O–H groups in total. The number of hydrogen-bond acceptors (Lipinski definition) is 2. The van der Waals surface area contributed by atoms with Gasteiger partial charge >= 0.3 is 0 Å². The van der Waals surface area contributed by atoms with Crippen LogP contribution in [0, 0.1) is 0 Å². The summed E-state index contributed by atoms with van der Waals surface area (Å²) in [7, 11) is 1.64. The minimum atomic E-state index is -0.421. The maximum atomic E-state index is 11.1. The highest BCUT2D eigenvalue weighted by Crippen LogP contribution is 2.12. The minimum absolute atomic E-state index is 0. The zero-order chi connectivity index (χ0) is 13.0. The largest absolute Gasteiger partial charge is 1.00 e. The van der Waals surface area contributed by atoms with Crippen molar-refractivity contribution >= 4 is 5.91 Å². The summed E-state index contributed by atoms with van der Waals surface area (Å²) < 4.78 is 7.08. The van der Waals surface area contributed by atoms with Crippen LogP contribution >= 0.6 is 0 Å². The first-order valence-electron chi connectivity index (χ1n) is 5.61. The fourth-order valence-electron chi connectivity index (χ4n) is 1.75. The molecular weight excluding hydrogens is 264 g/mol. The molecule has 0 aliphatic carbocycles. The summed E-state index contributed by atoms with van der Waals surface area (Å²) in [6.45, 7) is 0.665. The number of carbonyl (C=O) groups is 1. The van der Waals surface area contributed by atoms with Crippen molar-refractivity contribution in [3.05, 3.63) is 59.9 Å². The van der Waals surface area contributed by atoms with E-state index in [1.54, 1.807) is 25.4 Å². The van der Waals surface area contributed by atoms with E-state index in [4.69, 9.17) is 10.5 Å². The summed E-state index contributed by atoms with van der Waals surface area (Å²) in [6.07, 6.45) is 3.63. The molecule has 1 aromatic heterocycles. The average Bonchev–Trinajstić information content (AvgIpc) is 2.39. The molecular formula is C14H15ClN2O2. The van der Waals surface area contributed by atoms with Gasteiger partial charge in [-0.1, -0.05) is 12.1 Å². The Morgan fingerprint density at radius 2 is 2.11 bits per heavy atom. The number of rotatable bonds is 4. The number of methoxy groups -OCH3 is 1. The number of aromatic nitrogens is 1. The molecule has 0 bridgehead atoms. The zero-order valence-electron chi connectivity index (χ0n) is 10.5. The van der Waals surface area contributed by atoms with Crippen LogP contribution < -0.4 is 27.4 Å². The third-order valence-corrected chi connectivity index (χ3v) is 2.64. The van der Waals surface area contributed by atoms with Gasteiger partial charge in [-0.05, 0) is 18.2 Å². The molecule has 0 radical (unpaired) electrons. The van der Waals surface area contributed by atoms with E-state index in [1.165, 1.54) is 0 Å². The van der Waals surface area contributed by atoms with E-state index in [9.17, 15) is 4.79 Å². The number of benzene rings is 1. The molecule has 0 fully saturated rings. The number of nitrogens with zero attached hydrogens (tertiary/aromatic N) is 1. The van der Waals surface area contributed by atoms with Crippen LogP contribution in [-0.2, 0) is 6.54 Å². The second kappa shape index (κ2) is 6.75. The van der Waals surface area contributed by atoms with Crippen molar-refractivity contribution in [1.29, 1.82) is 0 Å². The molecule has 100 valence electrons. The van der Waals surface area contributed by atoms with Crippen LogP contribution in [0.2, 0.25) is 0 Å². The van der Waals surface area contributed by atoms with Crippen molar-refractivity contribution in [2.24, 2.45) is 5.73 Å². The number of hydrogen-bond donors (Lipinski definition) is 1. The Kier molecular flexibility index (Phi) is 5.33. The first-order valence-corrected chi connectivity index (χ1v) is 5.61. The number of nitrogens with two attached hydrogens (primary N) is 1. The first kappa shape index (κ1) is 15.0. The van der Waals surface area contributed by atoms with E-state index in [0.29, 0.717) is 12.1 Å². The van der Waals surface area contributed by atoms with Gasteiger partial charge in [-0.2, -0.15) is 4.57 Å². The highest BCUT2D eigenvalue weighted by Gasteiger charge is 2.08. The van der Waals surface area contributed by atoms with Crippen LogP contribution in [0.3, 0.4) is 0 Å². The second-order valence-electron chi connectivity index (χ2n) is 3.98. The van der Waals surface area contributed by atoms with E-state index in [1.807, 2.05) is 35.0 Å². The summed E-state index contributed by atoms with van der Waals surface area (Å²) in [4.78, 5) is 11.1. The normalized spacial score (nSPS) is 9.53. The number of primary amides is 1. The van der Waals surface area contributed by atoms with Crippen molar-refractivity contribution in [2.75, 3.05) is 7.11 Å². The van der Waals surface area contributed by atoms with Gasteiger partial charge < -0.3 is 22.9 Å². The second-order valence-corrected chi connectivity index (χ2v) is 3.98. The Bertz CT molecular complexity index is 573. The smallest absolute Gasteiger partial charge is 0.254 e. The molecule has 0 aliphatic heterocycles. The molecule has 0 aliphatic rings. The predicted octanol–water partition coefficient (Wildman–Crippen LogP) is -1.87. The van der Waals surface area contributed by atoms with Gasteiger partial charge in [0.25, 0.3) is 5.91 Å². The average molecular weight is 279 g/mol. The third kappa shape index (κ3) is 3.96. The summed E-state index contributed by atoms with van der Waals surface area (Å²) in [5, 5.41) is 0. The topological polar surface area (TPSA) is 56.2 Å². The predicted molar refractivity (Wildman–Crippen MR) is 67.3 cm³/mol. The number of amides is 1. The number of halogens is 1. The maximum absolute atomic E-state index is 11.1. The van der Waals surface area contributed by atoms with Gasteiger partial charge in [-0.15, -0.1) is 0 Å². The van der Waals surface area contributed by atoms with Crippen molar-refractivity contribution in [1.82, 2.24) is 0 Å². The molecule has 0 atom stereocenters. The zero-order valence-corrected chi connectivity index (χ0v) is 11.3. The van der Waals surface area contributed by atoms with Gasteiger partial charge in [0.15, 0.2) is 18.9 Å². The van der Waals surface area contributed by atoms with E-state index in [0.717, 1.165) is 11.3 Å². The molecule has 1 heterocycles. The van der Waals surface area contributed by atoms with Gasteiger partial charge in [0.1, 0.15) is 11.3 Å². The lowest BCUT2D eigenvalue weighted by Gasteiger charge is -2.02. The Morgan fingerprint density at radius 3 is 2.79 bits per heavy atom. The number of carbonyl (C=O) groups excluding carboxylic acids is 1. The van der Waals surface area contributed by atoms with Gasteiger partial charge in [-0.25, -0.2) is 0 Å². The van der Waals surface area contributed by atoms with Crippen LogP contribution in [0.15, 0.2) is 48.8 Å².